The fourth-order valence-electron chi connectivity index (χ4n) is 2.61. The lowest BCUT2D eigenvalue weighted by atomic mass is 9.98. The maximum atomic E-state index is 6.40. The highest BCUT2D eigenvalue weighted by Gasteiger charge is 2.20. The molecule has 0 radical (unpaired) electrons. The van der Waals surface area contributed by atoms with E-state index in [4.69, 9.17) is 16.0 Å². The van der Waals surface area contributed by atoms with Crippen molar-refractivity contribution < 1.29 is 4.42 Å². The number of hydrogen-bond donors (Lipinski definition) is 1. The van der Waals surface area contributed by atoms with Gasteiger partial charge in [0.05, 0.1) is 12.3 Å². The molecule has 3 aromatic rings. The minimum atomic E-state index is 0.0438. The van der Waals surface area contributed by atoms with Crippen LogP contribution in [0.5, 0.6) is 0 Å². The van der Waals surface area contributed by atoms with Gasteiger partial charge in [-0.25, -0.2) is 0 Å². The lowest BCUT2D eigenvalue weighted by molar-refractivity contribution is 0.572. The molecule has 0 aliphatic rings. The van der Waals surface area contributed by atoms with Gasteiger partial charge in [-0.1, -0.05) is 54.9 Å². The van der Waals surface area contributed by atoms with Crippen LogP contribution in [0.15, 0.2) is 59.2 Å². The van der Waals surface area contributed by atoms with Gasteiger partial charge in [0.25, 0.3) is 0 Å². The van der Waals surface area contributed by atoms with Crippen LogP contribution in [0.25, 0.3) is 11.0 Å². The predicted molar refractivity (Wildman–Crippen MR) is 87.8 cm³/mol. The summed E-state index contributed by atoms with van der Waals surface area (Å²) in [5.41, 5.74) is 3.12. The Kier molecular flexibility index (Phi) is 4.28. The molecule has 3 heteroatoms. The molecule has 0 saturated carbocycles. The summed E-state index contributed by atoms with van der Waals surface area (Å²) < 4.78 is 5.69. The van der Waals surface area contributed by atoms with Gasteiger partial charge in [0.15, 0.2) is 0 Å². The Labute approximate surface area is 129 Å². The van der Waals surface area contributed by atoms with Crippen molar-refractivity contribution >= 4 is 22.6 Å². The van der Waals surface area contributed by atoms with Crippen molar-refractivity contribution in [2.24, 2.45) is 0 Å². The van der Waals surface area contributed by atoms with Gasteiger partial charge in [-0.2, -0.15) is 0 Å². The van der Waals surface area contributed by atoms with E-state index in [1.165, 1.54) is 0 Å². The molecule has 0 aliphatic carbocycles. The number of rotatable bonds is 5. The fourth-order valence-corrected chi connectivity index (χ4v) is 2.85. The first-order valence-corrected chi connectivity index (χ1v) is 7.63. The SMILES string of the molecule is CCCNC(c1ccccc1Cl)c1coc2ccccc12. The first-order chi connectivity index (χ1) is 10.3. The summed E-state index contributed by atoms with van der Waals surface area (Å²) in [5, 5.41) is 5.48. The zero-order chi connectivity index (χ0) is 14.7. The van der Waals surface area contributed by atoms with E-state index in [9.17, 15) is 0 Å². The van der Waals surface area contributed by atoms with Crippen molar-refractivity contribution in [3.63, 3.8) is 0 Å². The summed E-state index contributed by atoms with van der Waals surface area (Å²) in [7, 11) is 0. The number of nitrogens with one attached hydrogen (secondary N) is 1. The van der Waals surface area contributed by atoms with Crippen LogP contribution in [-0.2, 0) is 0 Å². The number of halogens is 1. The maximum absolute atomic E-state index is 6.40. The number of benzene rings is 2. The molecule has 2 aromatic carbocycles. The third kappa shape index (κ3) is 2.82. The predicted octanol–water partition coefficient (Wildman–Crippen LogP) is 5.18. The van der Waals surface area contributed by atoms with Crippen molar-refractivity contribution in [1.29, 1.82) is 0 Å². The molecule has 0 amide bonds. The van der Waals surface area contributed by atoms with Crippen LogP contribution < -0.4 is 5.32 Å². The monoisotopic (exact) mass is 299 g/mol. The molecule has 1 atom stereocenters. The summed E-state index contributed by atoms with van der Waals surface area (Å²) in [6.07, 6.45) is 2.90. The van der Waals surface area contributed by atoms with E-state index in [1.807, 2.05) is 42.7 Å². The van der Waals surface area contributed by atoms with Crippen LogP contribution in [0.3, 0.4) is 0 Å². The molecule has 108 valence electrons. The Hall–Kier alpha value is -1.77. The van der Waals surface area contributed by atoms with Gasteiger partial charge in [-0.3, -0.25) is 0 Å². The van der Waals surface area contributed by atoms with Crippen molar-refractivity contribution in [1.82, 2.24) is 5.32 Å². The fraction of sp³-hybridized carbons (Fsp3) is 0.222. The molecule has 2 nitrogen and oxygen atoms in total. The van der Waals surface area contributed by atoms with E-state index in [0.717, 1.165) is 40.1 Å². The van der Waals surface area contributed by atoms with Gasteiger partial charge >= 0.3 is 0 Å². The molecule has 0 saturated heterocycles. The zero-order valence-corrected chi connectivity index (χ0v) is 12.7. The lowest BCUT2D eigenvalue weighted by Crippen LogP contribution is -2.23. The van der Waals surface area contributed by atoms with Gasteiger partial charge in [-0.05, 0) is 30.7 Å². The molecule has 3 rings (SSSR count). The van der Waals surface area contributed by atoms with E-state index < -0.39 is 0 Å². The normalized spacial score (nSPS) is 12.7. The van der Waals surface area contributed by atoms with Gasteiger partial charge in [0, 0.05) is 16.0 Å². The second-order valence-electron chi connectivity index (χ2n) is 5.10. The molecule has 0 bridgehead atoms. The average Bonchev–Trinajstić information content (AvgIpc) is 2.93. The third-order valence-electron chi connectivity index (χ3n) is 3.64. The molecular weight excluding hydrogens is 282 g/mol. The molecule has 0 fully saturated rings. The van der Waals surface area contributed by atoms with Crippen LogP contribution in [0, 0.1) is 0 Å². The van der Waals surface area contributed by atoms with Crippen LogP contribution in [0.1, 0.15) is 30.5 Å². The van der Waals surface area contributed by atoms with Crippen LogP contribution >= 0.6 is 11.6 Å². The average molecular weight is 300 g/mol. The third-order valence-corrected chi connectivity index (χ3v) is 3.98. The maximum Gasteiger partial charge on any atom is 0.134 e. The topological polar surface area (TPSA) is 25.2 Å². The molecule has 0 spiro atoms. The van der Waals surface area contributed by atoms with Crippen molar-refractivity contribution in [3.8, 4) is 0 Å². The lowest BCUT2D eigenvalue weighted by Gasteiger charge is -2.19. The number of para-hydroxylation sites is 1. The molecule has 1 N–H and O–H groups in total. The van der Waals surface area contributed by atoms with Crippen molar-refractivity contribution in [2.75, 3.05) is 6.54 Å². The summed E-state index contributed by atoms with van der Waals surface area (Å²) in [6.45, 7) is 3.08. The number of hydrogen-bond acceptors (Lipinski definition) is 2. The van der Waals surface area contributed by atoms with Gasteiger partial charge in [-0.15, -0.1) is 0 Å². The smallest absolute Gasteiger partial charge is 0.134 e. The Bertz CT molecular complexity index is 735. The van der Waals surface area contributed by atoms with Crippen molar-refractivity contribution in [2.45, 2.75) is 19.4 Å². The van der Waals surface area contributed by atoms with E-state index in [1.54, 1.807) is 0 Å². The van der Waals surface area contributed by atoms with E-state index in [0.29, 0.717) is 0 Å². The molecule has 21 heavy (non-hydrogen) atoms. The summed E-state index contributed by atoms with van der Waals surface area (Å²) in [6, 6.07) is 16.1. The zero-order valence-electron chi connectivity index (χ0n) is 12.0. The van der Waals surface area contributed by atoms with E-state index in [-0.39, 0.29) is 6.04 Å². The minimum Gasteiger partial charge on any atom is -0.464 e. The molecule has 0 aliphatic heterocycles. The van der Waals surface area contributed by atoms with Gasteiger partial charge < -0.3 is 9.73 Å². The van der Waals surface area contributed by atoms with E-state index in [2.05, 4.69) is 24.4 Å². The summed E-state index contributed by atoms with van der Waals surface area (Å²) in [4.78, 5) is 0. The number of furan rings is 1. The largest absolute Gasteiger partial charge is 0.464 e. The first-order valence-electron chi connectivity index (χ1n) is 7.25. The van der Waals surface area contributed by atoms with Crippen LogP contribution in [0.2, 0.25) is 5.02 Å². The Morgan fingerprint density at radius 2 is 1.81 bits per heavy atom. The second kappa shape index (κ2) is 6.33. The number of fused-ring (bicyclic) bond motifs is 1. The molecular formula is C18H18ClNO. The van der Waals surface area contributed by atoms with Crippen LogP contribution in [0.4, 0.5) is 0 Å². The first kappa shape index (κ1) is 14.2. The molecule has 1 heterocycles. The van der Waals surface area contributed by atoms with Gasteiger partial charge in [0.2, 0.25) is 0 Å². The minimum absolute atomic E-state index is 0.0438. The van der Waals surface area contributed by atoms with Gasteiger partial charge in [0.1, 0.15) is 5.58 Å². The highest BCUT2D eigenvalue weighted by molar-refractivity contribution is 6.31. The Balaban J connectivity index is 2.09. The quantitative estimate of drug-likeness (QED) is 0.702. The highest BCUT2D eigenvalue weighted by Crippen LogP contribution is 2.33. The van der Waals surface area contributed by atoms with Crippen LogP contribution in [-0.4, -0.2) is 6.54 Å². The Morgan fingerprint density at radius 3 is 2.62 bits per heavy atom. The molecule has 1 unspecified atom stereocenters. The molecule has 1 aromatic heterocycles. The summed E-state index contributed by atoms with van der Waals surface area (Å²) in [5.74, 6) is 0. The van der Waals surface area contributed by atoms with Crippen molar-refractivity contribution in [3.05, 3.63) is 70.9 Å². The van der Waals surface area contributed by atoms with E-state index >= 15 is 0 Å². The Morgan fingerprint density at radius 1 is 1.05 bits per heavy atom. The highest BCUT2D eigenvalue weighted by atomic mass is 35.5. The second-order valence-corrected chi connectivity index (χ2v) is 5.50. The standard InChI is InChI=1S/C18H18ClNO/c1-2-11-20-18(14-8-3-5-9-16(14)19)15-12-21-17-10-6-4-7-13(15)17/h3-10,12,18,20H,2,11H2,1H3. The summed E-state index contributed by atoms with van der Waals surface area (Å²) >= 11 is 6.40.